The predicted molar refractivity (Wildman–Crippen MR) is 78.3 cm³/mol. The molecule has 1 heterocycles. The first-order valence-electron chi connectivity index (χ1n) is 6.52. The Morgan fingerprint density at radius 2 is 2.18 bits per heavy atom. The van der Waals surface area contributed by atoms with E-state index in [2.05, 4.69) is 15.6 Å². The van der Waals surface area contributed by atoms with Crippen molar-refractivity contribution >= 4 is 17.4 Å². The van der Waals surface area contributed by atoms with Gasteiger partial charge in [-0.3, -0.25) is 0 Å². The summed E-state index contributed by atoms with van der Waals surface area (Å²) in [5, 5.41) is 17.0. The normalized spacial score (nSPS) is 13.5. The third kappa shape index (κ3) is 4.22. The van der Waals surface area contributed by atoms with Gasteiger partial charge in [-0.15, -0.1) is 11.3 Å². The molecular formula is C14H15F2N3O2S. The van der Waals surface area contributed by atoms with Crippen LogP contribution in [0.1, 0.15) is 24.3 Å². The Balaban J connectivity index is 1.88. The third-order valence-electron chi connectivity index (χ3n) is 3.03. The number of aliphatic hydroxyl groups excluding tert-OH is 1. The first-order valence-corrected chi connectivity index (χ1v) is 7.46. The molecule has 0 aliphatic rings. The number of nitrogens with zero attached hydrogens (tertiary/aromatic N) is 1. The number of carbonyl (C=O) groups is 1. The van der Waals surface area contributed by atoms with Gasteiger partial charge < -0.3 is 15.7 Å². The highest BCUT2D eigenvalue weighted by Gasteiger charge is 2.19. The molecule has 0 aliphatic heterocycles. The lowest BCUT2D eigenvalue weighted by molar-refractivity contribution is 0.137. The van der Waals surface area contributed by atoms with Crippen molar-refractivity contribution < 1.29 is 18.7 Å². The Hall–Kier alpha value is -2.06. The van der Waals surface area contributed by atoms with Crippen molar-refractivity contribution in [1.29, 1.82) is 0 Å². The van der Waals surface area contributed by atoms with Gasteiger partial charge in [-0.2, -0.15) is 0 Å². The summed E-state index contributed by atoms with van der Waals surface area (Å²) in [6, 6.07) is 1.95. The second-order valence-electron chi connectivity index (χ2n) is 4.71. The number of benzene rings is 1. The summed E-state index contributed by atoms with van der Waals surface area (Å²) >= 11 is 1.42. The largest absolute Gasteiger partial charge is 0.386 e. The van der Waals surface area contributed by atoms with Gasteiger partial charge in [0.2, 0.25) is 0 Å². The van der Waals surface area contributed by atoms with Gasteiger partial charge >= 0.3 is 6.03 Å². The Bertz CT molecular complexity index is 637. The van der Waals surface area contributed by atoms with Crippen LogP contribution >= 0.6 is 11.3 Å². The molecule has 2 aromatic rings. The number of aliphatic hydroxyl groups is 1. The fourth-order valence-corrected chi connectivity index (χ4v) is 2.38. The molecule has 2 unspecified atom stereocenters. The van der Waals surface area contributed by atoms with Gasteiger partial charge in [0.15, 0.2) is 11.6 Å². The topological polar surface area (TPSA) is 74.2 Å². The zero-order chi connectivity index (χ0) is 16.1. The van der Waals surface area contributed by atoms with Crippen LogP contribution in [0.5, 0.6) is 0 Å². The van der Waals surface area contributed by atoms with Gasteiger partial charge in [-0.1, -0.05) is 6.07 Å². The maximum atomic E-state index is 13.2. The van der Waals surface area contributed by atoms with E-state index < -0.39 is 29.8 Å². The number of carbonyl (C=O) groups excluding carboxylic acids is 1. The summed E-state index contributed by atoms with van der Waals surface area (Å²) in [6.45, 7) is 1.83. The molecule has 0 spiro atoms. The minimum absolute atomic E-state index is 0.186. The van der Waals surface area contributed by atoms with Crippen LogP contribution in [0, 0.1) is 11.6 Å². The average molecular weight is 327 g/mol. The second-order valence-corrected chi connectivity index (χ2v) is 5.43. The van der Waals surface area contributed by atoms with E-state index in [-0.39, 0.29) is 12.1 Å². The van der Waals surface area contributed by atoms with Crippen molar-refractivity contribution in [3.63, 3.8) is 0 Å². The van der Waals surface area contributed by atoms with Gasteiger partial charge in [0.05, 0.1) is 29.9 Å². The minimum Gasteiger partial charge on any atom is -0.386 e. The maximum Gasteiger partial charge on any atom is 0.315 e. The summed E-state index contributed by atoms with van der Waals surface area (Å²) < 4.78 is 26.0. The highest BCUT2D eigenvalue weighted by molar-refractivity contribution is 7.07. The first-order chi connectivity index (χ1) is 10.5. The number of urea groups is 1. The first kappa shape index (κ1) is 16.3. The number of rotatable bonds is 5. The van der Waals surface area contributed by atoms with E-state index in [0.29, 0.717) is 0 Å². The second kappa shape index (κ2) is 7.28. The number of halogens is 2. The molecule has 0 saturated heterocycles. The number of nitrogens with one attached hydrogen (secondary N) is 2. The average Bonchev–Trinajstić information content (AvgIpc) is 3.00. The van der Waals surface area contributed by atoms with Crippen LogP contribution in [0.3, 0.4) is 0 Å². The zero-order valence-corrected chi connectivity index (χ0v) is 12.5. The van der Waals surface area contributed by atoms with E-state index >= 15 is 0 Å². The van der Waals surface area contributed by atoms with Crippen LogP contribution in [0.4, 0.5) is 13.6 Å². The summed E-state index contributed by atoms with van der Waals surface area (Å²) in [7, 11) is 0. The molecule has 2 atom stereocenters. The van der Waals surface area contributed by atoms with Gasteiger partial charge in [0.1, 0.15) is 0 Å². The quantitative estimate of drug-likeness (QED) is 0.789. The van der Waals surface area contributed by atoms with Gasteiger partial charge in [0, 0.05) is 5.38 Å². The van der Waals surface area contributed by atoms with E-state index in [1.165, 1.54) is 17.4 Å². The SMILES string of the molecule is CC(NC(=O)NCc1cscn1)C(O)c1ccc(F)c(F)c1. The molecule has 0 aliphatic carbocycles. The molecule has 8 heteroatoms. The Labute approximate surface area is 130 Å². The maximum absolute atomic E-state index is 13.2. The Morgan fingerprint density at radius 1 is 1.41 bits per heavy atom. The fraction of sp³-hybridized carbons (Fsp3) is 0.286. The smallest absolute Gasteiger partial charge is 0.315 e. The van der Waals surface area contributed by atoms with Crippen molar-refractivity contribution in [3.8, 4) is 0 Å². The molecule has 22 heavy (non-hydrogen) atoms. The van der Waals surface area contributed by atoms with Gasteiger partial charge in [0.25, 0.3) is 0 Å². The number of aromatic nitrogens is 1. The molecule has 1 aromatic carbocycles. The molecule has 0 saturated carbocycles. The fourth-order valence-electron chi connectivity index (χ4n) is 1.82. The number of thiazole rings is 1. The van der Waals surface area contributed by atoms with Crippen LogP contribution in [0.25, 0.3) is 0 Å². The lowest BCUT2D eigenvalue weighted by Gasteiger charge is -2.21. The van der Waals surface area contributed by atoms with Crippen LogP contribution in [-0.2, 0) is 6.54 Å². The monoisotopic (exact) mass is 327 g/mol. The standard InChI is InChI=1S/C14H15F2N3O2S/c1-8(13(20)9-2-3-11(15)12(16)4-9)19-14(21)17-5-10-6-22-7-18-10/h2-4,6-8,13,20H,5H2,1H3,(H2,17,19,21). The lowest BCUT2D eigenvalue weighted by atomic mass is 10.0. The summed E-state index contributed by atoms with van der Waals surface area (Å²) in [5.74, 6) is -2.03. The molecule has 0 fully saturated rings. The van der Waals surface area contributed by atoms with E-state index in [9.17, 15) is 18.7 Å². The van der Waals surface area contributed by atoms with Crippen molar-refractivity contribution in [2.24, 2.45) is 0 Å². The molecule has 5 nitrogen and oxygen atoms in total. The van der Waals surface area contributed by atoms with Crippen LogP contribution in [0.15, 0.2) is 29.1 Å². The summed E-state index contributed by atoms with van der Waals surface area (Å²) in [6.07, 6.45) is -1.15. The molecule has 2 amide bonds. The lowest BCUT2D eigenvalue weighted by Crippen LogP contribution is -2.43. The zero-order valence-electron chi connectivity index (χ0n) is 11.7. The highest BCUT2D eigenvalue weighted by Crippen LogP contribution is 2.19. The van der Waals surface area contributed by atoms with E-state index in [0.717, 1.165) is 17.8 Å². The molecule has 0 radical (unpaired) electrons. The van der Waals surface area contributed by atoms with Crippen molar-refractivity contribution in [3.05, 3.63) is 52.0 Å². The predicted octanol–water partition coefficient (Wildman–Crippen LogP) is 2.34. The van der Waals surface area contributed by atoms with E-state index in [1.54, 1.807) is 17.8 Å². The Morgan fingerprint density at radius 3 is 2.82 bits per heavy atom. The van der Waals surface area contributed by atoms with Crippen LogP contribution in [-0.4, -0.2) is 22.2 Å². The molecule has 2 rings (SSSR count). The third-order valence-corrected chi connectivity index (χ3v) is 3.67. The number of hydrogen-bond donors (Lipinski definition) is 3. The number of hydrogen-bond acceptors (Lipinski definition) is 4. The van der Waals surface area contributed by atoms with Gasteiger partial charge in [-0.05, 0) is 24.6 Å². The molecule has 118 valence electrons. The van der Waals surface area contributed by atoms with Crippen LogP contribution in [0.2, 0.25) is 0 Å². The van der Waals surface area contributed by atoms with Gasteiger partial charge in [-0.25, -0.2) is 18.6 Å². The van der Waals surface area contributed by atoms with Crippen molar-refractivity contribution in [1.82, 2.24) is 15.6 Å². The van der Waals surface area contributed by atoms with Crippen molar-refractivity contribution in [2.45, 2.75) is 25.6 Å². The molecular weight excluding hydrogens is 312 g/mol. The van der Waals surface area contributed by atoms with E-state index in [4.69, 9.17) is 0 Å². The van der Waals surface area contributed by atoms with E-state index in [1.807, 2.05) is 0 Å². The van der Waals surface area contributed by atoms with Crippen molar-refractivity contribution in [2.75, 3.05) is 0 Å². The van der Waals surface area contributed by atoms with Crippen LogP contribution < -0.4 is 10.6 Å². The minimum atomic E-state index is -1.15. The molecule has 0 bridgehead atoms. The summed E-state index contributed by atoms with van der Waals surface area (Å²) in [4.78, 5) is 15.7. The summed E-state index contributed by atoms with van der Waals surface area (Å²) in [5.41, 5.74) is 2.57. The Kier molecular flexibility index (Phi) is 5.40. The number of amides is 2. The molecule has 3 N–H and O–H groups in total. The molecule has 1 aromatic heterocycles. The highest BCUT2D eigenvalue weighted by atomic mass is 32.1.